The predicted octanol–water partition coefficient (Wildman–Crippen LogP) is 5.68. The van der Waals surface area contributed by atoms with E-state index in [4.69, 9.17) is 34.8 Å². The highest BCUT2D eigenvalue weighted by atomic mass is 35.5. The first-order chi connectivity index (χ1) is 15.4. The highest BCUT2D eigenvalue weighted by Gasteiger charge is 2.38. The molecule has 9 heteroatoms. The van der Waals surface area contributed by atoms with Crippen LogP contribution in [0.15, 0.2) is 83.5 Å². The lowest BCUT2D eigenvalue weighted by Gasteiger charge is -2.15. The van der Waals surface area contributed by atoms with Crippen molar-refractivity contribution < 1.29 is 14.4 Å². The van der Waals surface area contributed by atoms with Gasteiger partial charge in [0.2, 0.25) is 0 Å². The van der Waals surface area contributed by atoms with Crippen molar-refractivity contribution in [1.82, 2.24) is 0 Å². The van der Waals surface area contributed by atoms with Crippen LogP contribution in [0.3, 0.4) is 0 Å². The van der Waals surface area contributed by atoms with Gasteiger partial charge in [0.05, 0.1) is 21.4 Å². The first-order valence-corrected chi connectivity index (χ1v) is 10.5. The molecule has 1 aliphatic rings. The molecular weight excluding hydrogens is 473 g/mol. The average molecular weight is 487 g/mol. The summed E-state index contributed by atoms with van der Waals surface area (Å²) in [7, 11) is 0. The van der Waals surface area contributed by atoms with Crippen molar-refractivity contribution in [2.45, 2.75) is 0 Å². The summed E-state index contributed by atoms with van der Waals surface area (Å²) in [5, 5.41) is 5.85. The second kappa shape index (κ2) is 9.04. The number of halogens is 3. The number of imide groups is 1. The standard InChI is InChI=1S/C23H14Cl3N3O3/c24-16-10-5-11-17(18(16)25)28-21(30)13-6-4-7-14(12-13)27-20-19(26)22(31)29(23(20)32)15-8-2-1-3-9-15/h1-12,27H,(H,28,30). The molecular formula is C23H14Cl3N3O3. The lowest BCUT2D eigenvalue weighted by Crippen LogP contribution is -2.32. The molecule has 6 nitrogen and oxygen atoms in total. The summed E-state index contributed by atoms with van der Waals surface area (Å²) in [4.78, 5) is 39.1. The van der Waals surface area contributed by atoms with Crippen LogP contribution in [0.5, 0.6) is 0 Å². The van der Waals surface area contributed by atoms with Crippen molar-refractivity contribution in [3.05, 3.63) is 99.1 Å². The molecule has 0 saturated carbocycles. The normalized spacial score (nSPS) is 13.5. The Kier molecular flexibility index (Phi) is 6.19. The summed E-state index contributed by atoms with van der Waals surface area (Å²) >= 11 is 18.3. The van der Waals surface area contributed by atoms with Gasteiger partial charge in [-0.25, -0.2) is 4.90 Å². The molecule has 0 atom stereocenters. The topological polar surface area (TPSA) is 78.5 Å². The molecule has 3 aromatic rings. The Labute approximate surface area is 198 Å². The minimum Gasteiger partial charge on any atom is -0.350 e. The van der Waals surface area contributed by atoms with E-state index in [2.05, 4.69) is 10.6 Å². The van der Waals surface area contributed by atoms with Crippen molar-refractivity contribution in [3.63, 3.8) is 0 Å². The molecule has 1 heterocycles. The van der Waals surface area contributed by atoms with Crippen molar-refractivity contribution in [3.8, 4) is 0 Å². The van der Waals surface area contributed by atoms with Gasteiger partial charge in [-0.15, -0.1) is 0 Å². The zero-order valence-electron chi connectivity index (χ0n) is 16.2. The second-order valence-corrected chi connectivity index (χ2v) is 7.89. The number of nitrogens with one attached hydrogen (secondary N) is 2. The van der Waals surface area contributed by atoms with Crippen molar-refractivity contribution in [2.75, 3.05) is 15.5 Å². The van der Waals surface area contributed by atoms with Crippen molar-refractivity contribution in [2.24, 2.45) is 0 Å². The maximum absolute atomic E-state index is 12.9. The van der Waals surface area contributed by atoms with Crippen LogP contribution in [-0.4, -0.2) is 17.7 Å². The second-order valence-electron chi connectivity index (χ2n) is 6.73. The minimum absolute atomic E-state index is 0.0732. The summed E-state index contributed by atoms with van der Waals surface area (Å²) in [6.07, 6.45) is 0. The van der Waals surface area contributed by atoms with Gasteiger partial charge in [-0.05, 0) is 42.5 Å². The fourth-order valence-electron chi connectivity index (χ4n) is 3.10. The number of para-hydroxylation sites is 1. The van der Waals surface area contributed by atoms with Crippen LogP contribution in [0.1, 0.15) is 10.4 Å². The summed E-state index contributed by atoms with van der Waals surface area (Å²) in [5.41, 5.74) is 1.39. The van der Waals surface area contributed by atoms with E-state index in [1.54, 1.807) is 66.7 Å². The maximum atomic E-state index is 12.9. The molecule has 160 valence electrons. The Hall–Kier alpha value is -3.32. The summed E-state index contributed by atoms with van der Waals surface area (Å²) in [5.74, 6) is -1.65. The third kappa shape index (κ3) is 4.21. The van der Waals surface area contributed by atoms with E-state index >= 15 is 0 Å². The van der Waals surface area contributed by atoms with Gasteiger partial charge in [-0.1, -0.05) is 65.1 Å². The van der Waals surface area contributed by atoms with E-state index in [0.717, 1.165) is 4.90 Å². The third-order valence-corrected chi connectivity index (χ3v) is 5.81. The van der Waals surface area contributed by atoms with E-state index in [1.807, 2.05) is 0 Å². The molecule has 0 spiro atoms. The van der Waals surface area contributed by atoms with Gasteiger partial charge in [0.25, 0.3) is 17.7 Å². The molecule has 0 radical (unpaired) electrons. The van der Waals surface area contributed by atoms with Gasteiger partial charge >= 0.3 is 0 Å². The lowest BCUT2D eigenvalue weighted by molar-refractivity contribution is -0.120. The largest absolute Gasteiger partial charge is 0.350 e. The average Bonchev–Trinajstić information content (AvgIpc) is 3.00. The van der Waals surface area contributed by atoms with Crippen LogP contribution in [0.2, 0.25) is 10.0 Å². The number of benzene rings is 3. The number of carbonyl (C=O) groups is 3. The molecule has 0 unspecified atom stereocenters. The molecule has 0 fully saturated rings. The number of hydrogen-bond acceptors (Lipinski definition) is 4. The summed E-state index contributed by atoms with van der Waals surface area (Å²) in [6, 6.07) is 19.7. The lowest BCUT2D eigenvalue weighted by atomic mass is 10.1. The van der Waals surface area contributed by atoms with Gasteiger partial charge in [-0.3, -0.25) is 14.4 Å². The molecule has 2 N–H and O–H groups in total. The first kappa shape index (κ1) is 21.9. The van der Waals surface area contributed by atoms with Crippen LogP contribution in [0, 0.1) is 0 Å². The number of rotatable bonds is 5. The molecule has 0 aliphatic carbocycles. The third-order valence-electron chi connectivity index (χ3n) is 4.64. The fraction of sp³-hybridized carbons (Fsp3) is 0. The van der Waals surface area contributed by atoms with Crippen molar-refractivity contribution in [1.29, 1.82) is 0 Å². The Morgan fingerprint density at radius 1 is 0.812 bits per heavy atom. The van der Waals surface area contributed by atoms with E-state index in [-0.39, 0.29) is 15.8 Å². The number of nitrogens with zero attached hydrogens (tertiary/aromatic N) is 1. The Morgan fingerprint density at radius 3 is 2.28 bits per heavy atom. The molecule has 3 aromatic carbocycles. The van der Waals surface area contributed by atoms with Crippen LogP contribution < -0.4 is 15.5 Å². The molecule has 4 rings (SSSR count). The highest BCUT2D eigenvalue weighted by Crippen LogP contribution is 2.31. The Bertz CT molecular complexity index is 1280. The van der Waals surface area contributed by atoms with Gasteiger partial charge in [0.1, 0.15) is 10.7 Å². The Balaban J connectivity index is 1.55. The van der Waals surface area contributed by atoms with Gasteiger partial charge in [-0.2, -0.15) is 0 Å². The zero-order chi connectivity index (χ0) is 22.8. The molecule has 1 aliphatic heterocycles. The summed E-state index contributed by atoms with van der Waals surface area (Å²) < 4.78 is 0. The van der Waals surface area contributed by atoms with E-state index in [9.17, 15) is 14.4 Å². The number of anilines is 3. The summed E-state index contributed by atoms with van der Waals surface area (Å²) in [6.45, 7) is 0. The maximum Gasteiger partial charge on any atom is 0.283 e. The SMILES string of the molecule is O=C(Nc1cccc(Cl)c1Cl)c1cccc(NC2=C(Cl)C(=O)N(c3ccccc3)C2=O)c1. The zero-order valence-corrected chi connectivity index (χ0v) is 18.5. The fourth-order valence-corrected chi connectivity index (χ4v) is 3.66. The molecule has 0 saturated heterocycles. The number of amides is 3. The Morgan fingerprint density at radius 2 is 1.53 bits per heavy atom. The van der Waals surface area contributed by atoms with Gasteiger partial charge < -0.3 is 10.6 Å². The van der Waals surface area contributed by atoms with Gasteiger partial charge in [0.15, 0.2) is 0 Å². The van der Waals surface area contributed by atoms with E-state index < -0.39 is 17.7 Å². The molecule has 0 bridgehead atoms. The van der Waals surface area contributed by atoms with Gasteiger partial charge in [0, 0.05) is 11.3 Å². The predicted molar refractivity (Wildman–Crippen MR) is 126 cm³/mol. The highest BCUT2D eigenvalue weighted by molar-refractivity contribution is 6.53. The molecule has 0 aromatic heterocycles. The molecule has 3 amide bonds. The first-order valence-electron chi connectivity index (χ1n) is 9.33. The smallest absolute Gasteiger partial charge is 0.283 e. The van der Waals surface area contributed by atoms with Crippen LogP contribution >= 0.6 is 34.8 Å². The van der Waals surface area contributed by atoms with E-state index in [1.165, 1.54) is 6.07 Å². The van der Waals surface area contributed by atoms with Crippen LogP contribution in [0.4, 0.5) is 17.1 Å². The molecule has 32 heavy (non-hydrogen) atoms. The monoisotopic (exact) mass is 485 g/mol. The van der Waals surface area contributed by atoms with E-state index in [0.29, 0.717) is 27.6 Å². The quantitative estimate of drug-likeness (QED) is 0.455. The van der Waals surface area contributed by atoms with Crippen molar-refractivity contribution >= 4 is 69.6 Å². The van der Waals surface area contributed by atoms with Crippen LogP contribution in [0.25, 0.3) is 0 Å². The number of carbonyl (C=O) groups excluding carboxylic acids is 3. The number of hydrogen-bond donors (Lipinski definition) is 2. The van der Waals surface area contributed by atoms with Crippen LogP contribution in [-0.2, 0) is 9.59 Å². The minimum atomic E-state index is -0.630.